The molecule has 1 aromatic rings. The summed E-state index contributed by atoms with van der Waals surface area (Å²) in [4.78, 5) is 22.0. The third kappa shape index (κ3) is 5.01. The van der Waals surface area contributed by atoms with Gasteiger partial charge in [-0.05, 0) is 13.8 Å². The number of carboxylic acid groups (broad SMARTS) is 1. The maximum Gasteiger partial charge on any atom is 0.315 e. The summed E-state index contributed by atoms with van der Waals surface area (Å²) in [6.07, 6.45) is 1.33. The molecule has 0 aliphatic rings. The minimum atomic E-state index is -0.967. The molecule has 0 unspecified atom stereocenters. The number of aromatic nitrogens is 1. The predicted molar refractivity (Wildman–Crippen MR) is 58.2 cm³/mol. The SMILES string of the molecule is CC(C)(CC(=O)O)NC(=O)NCc1ccno1. The summed E-state index contributed by atoms with van der Waals surface area (Å²) in [6, 6.07) is 1.18. The zero-order valence-corrected chi connectivity index (χ0v) is 9.69. The number of urea groups is 1. The topological polar surface area (TPSA) is 104 Å². The molecular formula is C10H15N3O4. The highest BCUT2D eigenvalue weighted by atomic mass is 16.5. The van der Waals surface area contributed by atoms with E-state index in [2.05, 4.69) is 15.8 Å². The van der Waals surface area contributed by atoms with E-state index in [4.69, 9.17) is 9.63 Å². The minimum Gasteiger partial charge on any atom is -0.481 e. The molecule has 3 N–H and O–H groups in total. The summed E-state index contributed by atoms with van der Waals surface area (Å²) in [5.41, 5.74) is -0.808. The zero-order valence-electron chi connectivity index (χ0n) is 9.69. The Morgan fingerprint density at radius 2 is 2.24 bits per heavy atom. The number of carbonyl (C=O) groups excluding carboxylic acids is 1. The number of nitrogens with one attached hydrogen (secondary N) is 2. The molecule has 94 valence electrons. The molecule has 0 bridgehead atoms. The van der Waals surface area contributed by atoms with Crippen LogP contribution in [0.4, 0.5) is 4.79 Å². The van der Waals surface area contributed by atoms with Gasteiger partial charge in [-0.1, -0.05) is 5.16 Å². The van der Waals surface area contributed by atoms with Crippen LogP contribution in [0.3, 0.4) is 0 Å². The lowest BCUT2D eigenvalue weighted by Gasteiger charge is -2.24. The van der Waals surface area contributed by atoms with Crippen LogP contribution in [0.25, 0.3) is 0 Å². The highest BCUT2D eigenvalue weighted by Crippen LogP contribution is 2.07. The van der Waals surface area contributed by atoms with Crippen LogP contribution in [-0.2, 0) is 11.3 Å². The van der Waals surface area contributed by atoms with E-state index >= 15 is 0 Å². The first-order chi connectivity index (χ1) is 7.89. The van der Waals surface area contributed by atoms with E-state index < -0.39 is 17.5 Å². The van der Waals surface area contributed by atoms with Gasteiger partial charge < -0.3 is 20.3 Å². The molecule has 1 aromatic heterocycles. The summed E-state index contributed by atoms with van der Waals surface area (Å²) in [6.45, 7) is 3.47. The molecule has 0 aromatic carbocycles. The zero-order chi connectivity index (χ0) is 12.9. The Hall–Kier alpha value is -2.05. The van der Waals surface area contributed by atoms with Gasteiger partial charge in [0.2, 0.25) is 0 Å². The second-order valence-corrected chi connectivity index (χ2v) is 4.24. The molecule has 17 heavy (non-hydrogen) atoms. The number of aliphatic carboxylic acids is 1. The van der Waals surface area contributed by atoms with E-state index in [9.17, 15) is 9.59 Å². The third-order valence-electron chi connectivity index (χ3n) is 1.96. The summed E-state index contributed by atoms with van der Waals surface area (Å²) < 4.78 is 4.79. The fraction of sp³-hybridized carbons (Fsp3) is 0.500. The number of hydrogen-bond acceptors (Lipinski definition) is 4. The van der Waals surface area contributed by atoms with Crippen molar-refractivity contribution in [1.29, 1.82) is 0 Å². The highest BCUT2D eigenvalue weighted by molar-refractivity contribution is 5.76. The fourth-order valence-corrected chi connectivity index (χ4v) is 1.27. The van der Waals surface area contributed by atoms with Crippen molar-refractivity contribution in [2.24, 2.45) is 0 Å². The molecule has 1 heterocycles. The van der Waals surface area contributed by atoms with Crippen molar-refractivity contribution in [3.8, 4) is 0 Å². The maximum absolute atomic E-state index is 11.5. The van der Waals surface area contributed by atoms with Gasteiger partial charge in [-0.2, -0.15) is 0 Å². The predicted octanol–water partition coefficient (Wildman–Crippen LogP) is 0.727. The Kier molecular flexibility index (Phi) is 4.08. The summed E-state index contributed by atoms with van der Waals surface area (Å²) in [5, 5.41) is 17.2. The number of hydrogen-bond donors (Lipinski definition) is 3. The standard InChI is InChI=1S/C10H15N3O4/c1-10(2,5-8(14)15)13-9(16)11-6-7-3-4-12-17-7/h3-4H,5-6H2,1-2H3,(H,14,15)(H2,11,13,16). The smallest absolute Gasteiger partial charge is 0.315 e. The fourth-order valence-electron chi connectivity index (χ4n) is 1.27. The van der Waals surface area contributed by atoms with Gasteiger partial charge in [-0.15, -0.1) is 0 Å². The third-order valence-corrected chi connectivity index (χ3v) is 1.96. The Labute approximate surface area is 98.2 Å². The monoisotopic (exact) mass is 241 g/mol. The van der Waals surface area contributed by atoms with Crippen molar-refractivity contribution < 1.29 is 19.2 Å². The van der Waals surface area contributed by atoms with Crippen molar-refractivity contribution in [3.63, 3.8) is 0 Å². The van der Waals surface area contributed by atoms with Crippen molar-refractivity contribution in [2.45, 2.75) is 32.4 Å². The van der Waals surface area contributed by atoms with E-state index in [1.54, 1.807) is 19.9 Å². The molecule has 0 spiro atoms. The van der Waals surface area contributed by atoms with Crippen LogP contribution in [0.5, 0.6) is 0 Å². The summed E-state index contributed by atoms with van der Waals surface area (Å²) in [7, 11) is 0. The van der Waals surface area contributed by atoms with Crippen molar-refractivity contribution >= 4 is 12.0 Å². The lowest BCUT2D eigenvalue weighted by atomic mass is 10.0. The van der Waals surface area contributed by atoms with Gasteiger partial charge in [0, 0.05) is 11.6 Å². The molecule has 7 heteroatoms. The van der Waals surface area contributed by atoms with Crippen molar-refractivity contribution in [1.82, 2.24) is 15.8 Å². The van der Waals surface area contributed by atoms with E-state index in [0.29, 0.717) is 5.76 Å². The number of rotatable bonds is 5. The van der Waals surface area contributed by atoms with E-state index in [0.717, 1.165) is 0 Å². The highest BCUT2D eigenvalue weighted by Gasteiger charge is 2.23. The van der Waals surface area contributed by atoms with Crippen LogP contribution in [0.15, 0.2) is 16.8 Å². The Balaban J connectivity index is 2.36. The van der Waals surface area contributed by atoms with E-state index in [1.165, 1.54) is 6.20 Å². The average molecular weight is 241 g/mol. The van der Waals surface area contributed by atoms with E-state index in [-0.39, 0.29) is 13.0 Å². The summed E-state index contributed by atoms with van der Waals surface area (Å²) in [5.74, 6) is -0.443. The van der Waals surface area contributed by atoms with Gasteiger partial charge in [-0.25, -0.2) is 4.79 Å². The largest absolute Gasteiger partial charge is 0.481 e. The molecule has 0 radical (unpaired) electrons. The molecule has 0 atom stereocenters. The lowest BCUT2D eigenvalue weighted by Crippen LogP contribution is -2.49. The van der Waals surface area contributed by atoms with Crippen molar-refractivity contribution in [2.75, 3.05) is 0 Å². The van der Waals surface area contributed by atoms with Crippen molar-refractivity contribution in [3.05, 3.63) is 18.0 Å². The van der Waals surface area contributed by atoms with Crippen LogP contribution in [-0.4, -0.2) is 27.8 Å². The quantitative estimate of drug-likeness (QED) is 0.704. The summed E-state index contributed by atoms with van der Waals surface area (Å²) >= 11 is 0. The molecule has 0 aliphatic heterocycles. The Bertz CT molecular complexity index is 386. The number of amides is 2. The van der Waals surface area contributed by atoms with Crippen LogP contribution in [0.1, 0.15) is 26.0 Å². The second-order valence-electron chi connectivity index (χ2n) is 4.24. The molecule has 0 fully saturated rings. The first-order valence-corrected chi connectivity index (χ1v) is 5.06. The number of carbonyl (C=O) groups is 2. The van der Waals surface area contributed by atoms with Crippen LogP contribution >= 0.6 is 0 Å². The molecule has 0 aliphatic carbocycles. The van der Waals surface area contributed by atoms with Crippen LogP contribution in [0, 0.1) is 0 Å². The van der Waals surface area contributed by atoms with Gasteiger partial charge in [0.25, 0.3) is 0 Å². The van der Waals surface area contributed by atoms with E-state index in [1.807, 2.05) is 0 Å². The molecular weight excluding hydrogens is 226 g/mol. The second kappa shape index (κ2) is 5.33. The molecule has 0 saturated heterocycles. The molecule has 1 rings (SSSR count). The van der Waals surface area contributed by atoms with Gasteiger partial charge in [0.1, 0.15) is 0 Å². The molecule has 7 nitrogen and oxygen atoms in total. The number of nitrogens with zero attached hydrogens (tertiary/aromatic N) is 1. The van der Waals surface area contributed by atoms with Gasteiger partial charge in [0.15, 0.2) is 5.76 Å². The molecule has 0 saturated carbocycles. The lowest BCUT2D eigenvalue weighted by molar-refractivity contribution is -0.138. The first-order valence-electron chi connectivity index (χ1n) is 5.06. The number of carboxylic acids is 1. The molecule has 2 amide bonds. The average Bonchev–Trinajstić information content (AvgIpc) is 2.63. The van der Waals surface area contributed by atoms with Gasteiger partial charge in [0.05, 0.1) is 19.2 Å². The van der Waals surface area contributed by atoms with Gasteiger partial charge >= 0.3 is 12.0 Å². The maximum atomic E-state index is 11.5. The normalized spacial score (nSPS) is 10.9. The Morgan fingerprint density at radius 1 is 1.53 bits per heavy atom. The van der Waals surface area contributed by atoms with Gasteiger partial charge in [-0.3, -0.25) is 4.79 Å². The minimum absolute atomic E-state index is 0.150. The van der Waals surface area contributed by atoms with Crippen LogP contribution < -0.4 is 10.6 Å². The Morgan fingerprint density at radius 3 is 2.76 bits per heavy atom. The first kappa shape index (κ1) is 13.0. The van der Waals surface area contributed by atoms with Crippen LogP contribution in [0.2, 0.25) is 0 Å².